The smallest absolute Gasteiger partial charge is 0.214 e. The lowest BCUT2D eigenvalue weighted by Gasteiger charge is -2.00. The second-order valence-corrected chi connectivity index (χ2v) is 2.14. The van der Waals surface area contributed by atoms with Gasteiger partial charge in [-0.15, -0.1) is 0 Å². The molecule has 0 fully saturated rings. The molecule has 4 heteroatoms. The van der Waals surface area contributed by atoms with Crippen molar-refractivity contribution in [2.75, 3.05) is 0 Å². The Kier molecular flexibility index (Phi) is 3.68. The van der Waals surface area contributed by atoms with Gasteiger partial charge in [0.1, 0.15) is 11.3 Å². The highest BCUT2D eigenvalue weighted by Crippen LogP contribution is 1.83. The molecule has 48 valence electrons. The fourth-order valence-corrected chi connectivity index (χ4v) is 0.484. The molecule has 0 aliphatic carbocycles. The topological polar surface area (TPSA) is 52.3 Å². The molecule has 0 spiro atoms. The highest BCUT2D eigenvalue weighted by Gasteiger charge is 1.93. The van der Waals surface area contributed by atoms with Gasteiger partial charge in [-0.3, -0.25) is 5.73 Å². The minimum Gasteiger partial charge on any atom is -0.322 e. The van der Waals surface area contributed by atoms with E-state index < -0.39 is 0 Å². The summed E-state index contributed by atoms with van der Waals surface area (Å²) in [6.07, 6.45) is -0.00329. The van der Waals surface area contributed by atoms with Crippen molar-refractivity contribution in [2.24, 2.45) is 5.73 Å². The van der Waals surface area contributed by atoms with Crippen LogP contribution < -0.4 is 5.73 Å². The van der Waals surface area contributed by atoms with Gasteiger partial charge in [0, 0.05) is 0 Å². The van der Waals surface area contributed by atoms with Crippen LogP contribution in [0.25, 0.3) is 0 Å². The van der Waals surface area contributed by atoms with E-state index >= 15 is 0 Å². The Labute approximate surface area is 51.9 Å². The van der Waals surface area contributed by atoms with Gasteiger partial charge in [-0.2, -0.15) is 0 Å². The zero-order chi connectivity index (χ0) is 6.57. The summed E-state index contributed by atoms with van der Waals surface area (Å²) in [4.78, 5) is 0. The molecule has 8 heavy (non-hydrogen) atoms. The van der Waals surface area contributed by atoms with Gasteiger partial charge in [-0.25, -0.2) is 4.21 Å². The van der Waals surface area contributed by atoms with Crippen molar-refractivity contribution in [3.05, 3.63) is 0 Å². The van der Waals surface area contributed by atoms with E-state index in [1.54, 1.807) is 0 Å². The summed E-state index contributed by atoms with van der Waals surface area (Å²) < 4.78 is 14.5. The summed E-state index contributed by atoms with van der Waals surface area (Å²) in [7, 11) is 0. The first-order valence-electron chi connectivity index (χ1n) is 2.25. The SMILES string of the molecule is CC(C)OC(N)=S=O. The van der Waals surface area contributed by atoms with Gasteiger partial charge in [0.25, 0.3) is 0 Å². The molecule has 0 aliphatic rings. The summed E-state index contributed by atoms with van der Waals surface area (Å²) in [5.74, 6) is 0. The van der Waals surface area contributed by atoms with E-state index in [1.807, 2.05) is 13.8 Å². The van der Waals surface area contributed by atoms with Gasteiger partial charge in [-0.05, 0) is 13.8 Å². The van der Waals surface area contributed by atoms with Gasteiger partial charge in [-0.1, -0.05) is 0 Å². The van der Waals surface area contributed by atoms with Crippen LogP contribution in [0.15, 0.2) is 0 Å². The fourth-order valence-electron chi connectivity index (χ4n) is 0.252. The third kappa shape index (κ3) is 3.98. The monoisotopic (exact) mass is 135 g/mol. The Morgan fingerprint density at radius 2 is 2.25 bits per heavy atom. The largest absolute Gasteiger partial charge is 0.322 e. The lowest BCUT2D eigenvalue weighted by atomic mass is 10.5. The van der Waals surface area contributed by atoms with Crippen LogP contribution in [0.4, 0.5) is 0 Å². The number of ether oxygens (including phenoxy) is 1. The molecule has 0 saturated carbocycles. The molecule has 0 atom stereocenters. The first-order chi connectivity index (χ1) is 3.66. The van der Waals surface area contributed by atoms with E-state index in [2.05, 4.69) is 0 Å². The van der Waals surface area contributed by atoms with Crippen molar-refractivity contribution < 1.29 is 8.95 Å². The second-order valence-electron chi connectivity index (χ2n) is 1.57. The molecule has 0 aromatic carbocycles. The summed E-state index contributed by atoms with van der Waals surface area (Å²) in [6, 6.07) is 0. The Morgan fingerprint density at radius 1 is 1.75 bits per heavy atom. The van der Waals surface area contributed by atoms with Gasteiger partial charge >= 0.3 is 0 Å². The molecular weight excluding hydrogens is 126 g/mol. The molecule has 2 N–H and O–H groups in total. The summed E-state index contributed by atoms with van der Waals surface area (Å²) in [6.45, 7) is 3.62. The van der Waals surface area contributed by atoms with E-state index in [9.17, 15) is 4.21 Å². The summed E-state index contributed by atoms with van der Waals surface area (Å²) >= 11 is 0.175. The Bertz CT molecular complexity index is 117. The number of hydrogen-bond acceptors (Lipinski definition) is 2. The molecule has 0 aliphatic heterocycles. The van der Waals surface area contributed by atoms with Crippen LogP contribution >= 0.6 is 0 Å². The van der Waals surface area contributed by atoms with E-state index in [0.717, 1.165) is 0 Å². The molecule has 0 unspecified atom stereocenters. The fraction of sp³-hybridized carbons (Fsp3) is 0.750. The first kappa shape index (κ1) is 7.81. The molecule has 0 bridgehead atoms. The van der Waals surface area contributed by atoms with Crippen molar-refractivity contribution >= 4 is 16.4 Å². The molecule has 0 radical (unpaired) electrons. The molecule has 0 heterocycles. The van der Waals surface area contributed by atoms with E-state index in [0.29, 0.717) is 0 Å². The summed E-state index contributed by atoms with van der Waals surface area (Å²) in [5, 5.41) is -0.0139. The third-order valence-electron chi connectivity index (χ3n) is 0.434. The molecule has 3 nitrogen and oxygen atoms in total. The molecule has 0 aromatic heterocycles. The van der Waals surface area contributed by atoms with Gasteiger partial charge in [0.15, 0.2) is 0 Å². The zero-order valence-corrected chi connectivity index (χ0v) is 5.70. The molecule has 0 aromatic rings. The third-order valence-corrected chi connectivity index (χ3v) is 0.694. The Hall–Kier alpha value is -0.190. The van der Waals surface area contributed by atoms with Crippen LogP contribution in [0.5, 0.6) is 0 Å². The van der Waals surface area contributed by atoms with Crippen molar-refractivity contribution in [3.8, 4) is 0 Å². The quantitative estimate of drug-likeness (QED) is 0.501. The molecule has 0 rings (SSSR count). The first-order valence-corrected chi connectivity index (χ1v) is 3.00. The van der Waals surface area contributed by atoms with Crippen LogP contribution in [0.2, 0.25) is 0 Å². The van der Waals surface area contributed by atoms with Crippen LogP contribution in [-0.4, -0.2) is 15.5 Å². The standard InChI is InChI=1S/C4H9NO2S/c1-3(2)7-4(5)8-6/h3H,5H2,1-2H3. The van der Waals surface area contributed by atoms with Crippen LogP contribution in [-0.2, 0) is 16.0 Å². The molecule has 0 saturated heterocycles. The second kappa shape index (κ2) is 3.77. The number of nitrogens with two attached hydrogens (primary N) is 1. The normalized spacial score (nSPS) is 9.50. The summed E-state index contributed by atoms with van der Waals surface area (Å²) in [5.41, 5.74) is 5.02. The van der Waals surface area contributed by atoms with E-state index in [-0.39, 0.29) is 22.5 Å². The zero-order valence-electron chi connectivity index (χ0n) is 4.88. The number of rotatable bonds is 1. The Balaban J connectivity index is 3.56. The minimum atomic E-state index is -0.0139. The average molecular weight is 135 g/mol. The maximum atomic E-state index is 9.79. The predicted molar refractivity (Wildman–Crippen MR) is 33.6 cm³/mol. The van der Waals surface area contributed by atoms with Crippen molar-refractivity contribution in [1.82, 2.24) is 0 Å². The van der Waals surface area contributed by atoms with Crippen molar-refractivity contribution in [1.29, 1.82) is 0 Å². The van der Waals surface area contributed by atoms with Crippen LogP contribution in [0, 0.1) is 0 Å². The van der Waals surface area contributed by atoms with E-state index in [4.69, 9.17) is 10.5 Å². The Morgan fingerprint density at radius 3 is 2.38 bits per heavy atom. The lowest BCUT2D eigenvalue weighted by molar-refractivity contribution is 0.231. The molecular formula is C4H9NO2S. The van der Waals surface area contributed by atoms with Gasteiger partial charge < -0.3 is 4.74 Å². The minimum absolute atomic E-state index is 0.00329. The van der Waals surface area contributed by atoms with Crippen molar-refractivity contribution in [3.63, 3.8) is 0 Å². The maximum absolute atomic E-state index is 9.79. The van der Waals surface area contributed by atoms with Crippen LogP contribution in [0.1, 0.15) is 13.8 Å². The highest BCUT2D eigenvalue weighted by molar-refractivity contribution is 7.65. The van der Waals surface area contributed by atoms with Gasteiger partial charge in [0.05, 0.1) is 6.10 Å². The van der Waals surface area contributed by atoms with Crippen molar-refractivity contribution in [2.45, 2.75) is 20.0 Å². The lowest BCUT2D eigenvalue weighted by Crippen LogP contribution is -2.19. The van der Waals surface area contributed by atoms with Crippen LogP contribution in [0.3, 0.4) is 0 Å². The highest BCUT2D eigenvalue weighted by atomic mass is 32.1. The predicted octanol–water partition coefficient (Wildman–Crippen LogP) is -0.330. The van der Waals surface area contributed by atoms with E-state index in [1.165, 1.54) is 0 Å². The number of hydrogen-bond donors (Lipinski definition) is 1. The van der Waals surface area contributed by atoms with Gasteiger partial charge in [0.2, 0.25) is 5.17 Å². The average Bonchev–Trinajstić information content (AvgIpc) is 1.65. The molecule has 0 amide bonds. The maximum Gasteiger partial charge on any atom is 0.214 e.